The number of thioether (sulfide) groups is 1. The Morgan fingerprint density at radius 1 is 1.44 bits per heavy atom. The summed E-state index contributed by atoms with van der Waals surface area (Å²) < 4.78 is 0. The van der Waals surface area contributed by atoms with E-state index in [1.54, 1.807) is 11.8 Å². The lowest BCUT2D eigenvalue weighted by Gasteiger charge is -2.47. The zero-order valence-electron chi connectivity index (χ0n) is 14.7. The number of carboxylic acids is 1. The molecule has 1 aliphatic carbocycles. The molecular weight excluding hydrogens is 332 g/mol. The quantitative estimate of drug-likeness (QED) is 0.826. The molecule has 3 unspecified atom stereocenters. The molecule has 1 aromatic carbocycles. The summed E-state index contributed by atoms with van der Waals surface area (Å²) in [4.78, 5) is 17.0. The van der Waals surface area contributed by atoms with Crippen molar-refractivity contribution in [1.29, 1.82) is 0 Å². The fourth-order valence-electron chi connectivity index (χ4n) is 4.88. The highest BCUT2D eigenvalue weighted by Crippen LogP contribution is 2.45. The maximum absolute atomic E-state index is 10.8. The van der Waals surface area contributed by atoms with E-state index in [9.17, 15) is 4.79 Å². The summed E-state index contributed by atoms with van der Waals surface area (Å²) in [5.41, 5.74) is 4.22. The molecule has 1 fully saturated rings. The third kappa shape index (κ3) is 3.20. The van der Waals surface area contributed by atoms with Crippen LogP contribution in [-0.2, 0) is 11.2 Å². The normalized spacial score (nSPS) is 25.9. The minimum absolute atomic E-state index is 0.218. The molecule has 1 saturated heterocycles. The second-order valence-electron chi connectivity index (χ2n) is 7.47. The predicted octanol–water partition coefficient (Wildman–Crippen LogP) is 3.73. The van der Waals surface area contributed by atoms with Crippen LogP contribution < -0.4 is 0 Å². The van der Waals surface area contributed by atoms with Crippen LogP contribution in [0.1, 0.15) is 36.8 Å². The number of benzene rings is 1. The van der Waals surface area contributed by atoms with Crippen LogP contribution >= 0.6 is 11.8 Å². The molecule has 0 amide bonds. The van der Waals surface area contributed by atoms with Crippen LogP contribution in [0.5, 0.6) is 0 Å². The number of likely N-dealkylation sites (tertiary alicyclic amines) is 1. The van der Waals surface area contributed by atoms with E-state index >= 15 is 0 Å². The fourth-order valence-corrected chi connectivity index (χ4v) is 5.74. The molecular formula is C20H26N2O2S. The molecule has 5 heteroatoms. The van der Waals surface area contributed by atoms with Crippen molar-refractivity contribution in [2.45, 2.75) is 38.1 Å². The van der Waals surface area contributed by atoms with Crippen LogP contribution in [0.15, 0.2) is 24.4 Å². The average molecular weight is 359 g/mol. The summed E-state index contributed by atoms with van der Waals surface area (Å²) in [6.07, 6.45) is 5.68. The number of nitrogens with one attached hydrogen (secondary N) is 1. The molecule has 2 aromatic rings. The van der Waals surface area contributed by atoms with E-state index in [4.69, 9.17) is 5.11 Å². The first kappa shape index (κ1) is 17.0. The molecule has 25 heavy (non-hydrogen) atoms. The molecule has 0 spiro atoms. The summed E-state index contributed by atoms with van der Waals surface area (Å²) in [6, 6.07) is 7.26. The molecule has 134 valence electrons. The number of hydrogen-bond acceptors (Lipinski definition) is 3. The number of H-pyrrole nitrogens is 1. The number of carboxylic acid groups (broad SMARTS) is 1. The summed E-state index contributed by atoms with van der Waals surface area (Å²) in [6.45, 7) is 4.50. The Morgan fingerprint density at radius 2 is 2.32 bits per heavy atom. The largest absolute Gasteiger partial charge is 0.481 e. The van der Waals surface area contributed by atoms with E-state index in [1.807, 2.05) is 0 Å². The Morgan fingerprint density at radius 3 is 3.12 bits per heavy atom. The van der Waals surface area contributed by atoms with Gasteiger partial charge in [-0.1, -0.05) is 19.1 Å². The third-order valence-electron chi connectivity index (χ3n) is 5.75. The number of carbonyl (C=O) groups is 1. The zero-order valence-corrected chi connectivity index (χ0v) is 15.5. The molecule has 0 saturated carbocycles. The van der Waals surface area contributed by atoms with Gasteiger partial charge in [0.05, 0.1) is 5.75 Å². The lowest BCUT2D eigenvalue weighted by atomic mass is 9.72. The number of hydrogen-bond donors (Lipinski definition) is 2. The predicted molar refractivity (Wildman–Crippen MR) is 103 cm³/mol. The first-order valence-electron chi connectivity index (χ1n) is 9.29. The molecule has 4 rings (SSSR count). The van der Waals surface area contributed by atoms with Crippen molar-refractivity contribution < 1.29 is 9.90 Å². The molecule has 4 nitrogen and oxygen atoms in total. The van der Waals surface area contributed by atoms with E-state index < -0.39 is 5.97 Å². The highest BCUT2D eigenvalue weighted by Gasteiger charge is 2.40. The monoisotopic (exact) mass is 358 g/mol. The lowest BCUT2D eigenvalue weighted by Crippen LogP contribution is -2.50. The molecule has 3 atom stereocenters. The van der Waals surface area contributed by atoms with E-state index in [2.05, 4.69) is 41.2 Å². The first-order chi connectivity index (χ1) is 12.2. The van der Waals surface area contributed by atoms with Gasteiger partial charge in [0.1, 0.15) is 0 Å². The van der Waals surface area contributed by atoms with Gasteiger partial charge in [-0.15, -0.1) is 11.8 Å². The van der Waals surface area contributed by atoms with Crippen molar-refractivity contribution in [2.75, 3.05) is 24.6 Å². The minimum Gasteiger partial charge on any atom is -0.481 e. The van der Waals surface area contributed by atoms with Crippen LogP contribution in [0.4, 0.5) is 0 Å². The van der Waals surface area contributed by atoms with Crippen LogP contribution in [0.3, 0.4) is 0 Å². The summed E-state index contributed by atoms with van der Waals surface area (Å²) in [7, 11) is 0. The van der Waals surface area contributed by atoms with Gasteiger partial charge in [0.2, 0.25) is 0 Å². The van der Waals surface area contributed by atoms with Crippen molar-refractivity contribution in [3.63, 3.8) is 0 Å². The number of fused-ring (bicyclic) bond motifs is 2. The molecule has 2 N–H and O–H groups in total. The maximum atomic E-state index is 10.8. The molecule has 0 bridgehead atoms. The fraction of sp³-hybridized carbons (Fsp3) is 0.550. The van der Waals surface area contributed by atoms with Gasteiger partial charge in [-0.25, -0.2) is 0 Å². The van der Waals surface area contributed by atoms with Gasteiger partial charge in [-0.3, -0.25) is 9.69 Å². The van der Waals surface area contributed by atoms with E-state index in [0.717, 1.165) is 25.3 Å². The van der Waals surface area contributed by atoms with Crippen LogP contribution in [0, 0.1) is 5.92 Å². The molecule has 2 aliphatic rings. The minimum atomic E-state index is -0.705. The Hall–Kier alpha value is -1.46. The Kier molecular flexibility index (Phi) is 4.78. The van der Waals surface area contributed by atoms with Crippen molar-refractivity contribution in [2.24, 2.45) is 5.92 Å². The van der Waals surface area contributed by atoms with Crippen molar-refractivity contribution >= 4 is 28.6 Å². The van der Waals surface area contributed by atoms with Crippen molar-refractivity contribution in [3.8, 4) is 0 Å². The highest BCUT2D eigenvalue weighted by atomic mass is 32.2. The molecule has 1 aromatic heterocycles. The number of rotatable bonds is 6. The zero-order chi connectivity index (χ0) is 17.4. The maximum Gasteiger partial charge on any atom is 0.313 e. The topological polar surface area (TPSA) is 56.3 Å². The van der Waals surface area contributed by atoms with Gasteiger partial charge < -0.3 is 10.1 Å². The molecule has 0 radical (unpaired) electrons. The van der Waals surface area contributed by atoms with Crippen LogP contribution in [0.2, 0.25) is 0 Å². The number of aliphatic carboxylic acids is 1. The Labute approximate surface area is 153 Å². The lowest BCUT2D eigenvalue weighted by molar-refractivity contribution is -0.133. The first-order valence-corrected chi connectivity index (χ1v) is 10.4. The van der Waals surface area contributed by atoms with Gasteiger partial charge in [0.15, 0.2) is 0 Å². The number of piperidine rings is 1. The number of aromatic nitrogens is 1. The summed E-state index contributed by atoms with van der Waals surface area (Å²) >= 11 is 1.57. The van der Waals surface area contributed by atoms with Gasteiger partial charge >= 0.3 is 5.97 Å². The van der Waals surface area contributed by atoms with E-state index in [-0.39, 0.29) is 5.75 Å². The average Bonchev–Trinajstić information content (AvgIpc) is 3.00. The van der Waals surface area contributed by atoms with Crippen molar-refractivity contribution in [3.05, 3.63) is 35.5 Å². The SMILES string of the molecule is CCCN1CC(CSCC(=O)O)CC2c3cccc4[nH]cc(c34)CC21. The molecule has 2 heterocycles. The van der Waals surface area contributed by atoms with E-state index in [0.29, 0.717) is 17.9 Å². The van der Waals surface area contributed by atoms with Gasteiger partial charge in [0.25, 0.3) is 0 Å². The Bertz CT molecular complexity index is 772. The van der Waals surface area contributed by atoms with Crippen LogP contribution in [-0.4, -0.2) is 51.6 Å². The summed E-state index contributed by atoms with van der Waals surface area (Å²) in [5.74, 6) is 1.61. The van der Waals surface area contributed by atoms with Gasteiger partial charge in [-0.05, 0) is 54.7 Å². The highest BCUT2D eigenvalue weighted by molar-refractivity contribution is 7.99. The second kappa shape index (κ2) is 7.04. The van der Waals surface area contributed by atoms with Crippen LogP contribution in [0.25, 0.3) is 10.9 Å². The number of nitrogens with zero attached hydrogens (tertiary/aromatic N) is 1. The van der Waals surface area contributed by atoms with E-state index in [1.165, 1.54) is 34.9 Å². The number of aromatic amines is 1. The Balaban J connectivity index is 1.61. The smallest absolute Gasteiger partial charge is 0.313 e. The van der Waals surface area contributed by atoms with Gasteiger partial charge in [-0.2, -0.15) is 0 Å². The third-order valence-corrected chi connectivity index (χ3v) is 6.91. The second-order valence-corrected chi connectivity index (χ2v) is 8.50. The van der Waals surface area contributed by atoms with Crippen molar-refractivity contribution in [1.82, 2.24) is 9.88 Å². The summed E-state index contributed by atoms with van der Waals surface area (Å²) in [5, 5.41) is 10.4. The standard InChI is InChI=1S/C20H26N2O2S/c1-2-6-22-10-13(11-25-12-19(23)24)7-16-15-4-3-5-17-20(15)14(9-21-17)8-18(16)22/h3-5,9,13,16,18,21H,2,6-8,10-12H2,1H3,(H,23,24). The molecule has 1 aliphatic heterocycles. The van der Waals surface area contributed by atoms with Gasteiger partial charge in [0, 0.05) is 35.6 Å².